The van der Waals surface area contributed by atoms with Crippen molar-refractivity contribution in [3.63, 3.8) is 0 Å². The highest BCUT2D eigenvalue weighted by molar-refractivity contribution is 5.76. The molecule has 2 rings (SSSR count). The molecular weight excluding hydrogens is 238 g/mol. The molecule has 3 heteroatoms. The van der Waals surface area contributed by atoms with Crippen LogP contribution in [0.5, 0.6) is 0 Å². The van der Waals surface area contributed by atoms with Crippen LogP contribution in [0.25, 0.3) is 0 Å². The van der Waals surface area contributed by atoms with E-state index in [1.807, 2.05) is 44.2 Å². The Labute approximate surface area is 112 Å². The molecule has 0 radical (unpaired) electrons. The molecule has 1 aromatic heterocycles. The second-order valence-electron chi connectivity index (χ2n) is 4.81. The molecule has 0 bridgehead atoms. The molecule has 2 aromatic rings. The second-order valence-corrected chi connectivity index (χ2v) is 4.81. The lowest BCUT2D eigenvalue weighted by Gasteiger charge is -2.13. The number of aromatic nitrogens is 1. The number of carboxylic acids is 1. The average Bonchev–Trinajstić information content (AvgIpc) is 2.37. The number of aliphatic carboxylic acids is 1. The zero-order valence-corrected chi connectivity index (χ0v) is 11.1. The van der Waals surface area contributed by atoms with Crippen LogP contribution >= 0.6 is 0 Å². The van der Waals surface area contributed by atoms with E-state index in [0.29, 0.717) is 6.42 Å². The van der Waals surface area contributed by atoms with Gasteiger partial charge in [0.1, 0.15) is 0 Å². The van der Waals surface area contributed by atoms with E-state index in [0.717, 1.165) is 16.8 Å². The van der Waals surface area contributed by atoms with Crippen LogP contribution in [0.1, 0.15) is 28.3 Å². The molecule has 1 aromatic carbocycles. The van der Waals surface area contributed by atoms with Gasteiger partial charge in [-0.05, 0) is 43.5 Å². The van der Waals surface area contributed by atoms with E-state index in [2.05, 4.69) is 4.98 Å². The van der Waals surface area contributed by atoms with E-state index >= 15 is 0 Å². The number of nitrogens with zero attached hydrogens (tertiary/aromatic N) is 1. The van der Waals surface area contributed by atoms with Crippen molar-refractivity contribution in [2.45, 2.75) is 26.2 Å². The van der Waals surface area contributed by atoms with Gasteiger partial charge in [0.2, 0.25) is 0 Å². The van der Waals surface area contributed by atoms with Gasteiger partial charge in [0.15, 0.2) is 0 Å². The summed E-state index contributed by atoms with van der Waals surface area (Å²) in [7, 11) is 0. The van der Waals surface area contributed by atoms with Crippen LogP contribution < -0.4 is 0 Å². The predicted molar refractivity (Wildman–Crippen MR) is 74.2 cm³/mol. The van der Waals surface area contributed by atoms with Crippen molar-refractivity contribution in [2.75, 3.05) is 0 Å². The van der Waals surface area contributed by atoms with Crippen molar-refractivity contribution in [3.8, 4) is 0 Å². The van der Waals surface area contributed by atoms with Gasteiger partial charge in [-0.2, -0.15) is 0 Å². The topological polar surface area (TPSA) is 50.2 Å². The third-order valence-corrected chi connectivity index (χ3v) is 3.18. The quantitative estimate of drug-likeness (QED) is 0.913. The number of hydrogen-bond donors (Lipinski definition) is 1. The fraction of sp³-hybridized carbons (Fsp3) is 0.250. The van der Waals surface area contributed by atoms with E-state index < -0.39 is 11.9 Å². The van der Waals surface area contributed by atoms with Crippen molar-refractivity contribution in [1.29, 1.82) is 0 Å². The Morgan fingerprint density at radius 3 is 2.47 bits per heavy atom. The Hall–Kier alpha value is -2.16. The predicted octanol–water partition coefficient (Wildman–Crippen LogP) is 3.11. The number of benzene rings is 1. The maximum atomic E-state index is 11.5. The Morgan fingerprint density at radius 1 is 1.21 bits per heavy atom. The molecule has 1 N–H and O–H groups in total. The van der Waals surface area contributed by atoms with Gasteiger partial charge < -0.3 is 5.11 Å². The molecule has 0 fully saturated rings. The summed E-state index contributed by atoms with van der Waals surface area (Å²) in [4.78, 5) is 15.6. The maximum absolute atomic E-state index is 11.5. The van der Waals surface area contributed by atoms with E-state index in [-0.39, 0.29) is 0 Å². The number of rotatable bonds is 4. The Bertz CT molecular complexity index is 576. The maximum Gasteiger partial charge on any atom is 0.311 e. The summed E-state index contributed by atoms with van der Waals surface area (Å²) in [5.74, 6) is -1.32. The van der Waals surface area contributed by atoms with Crippen LogP contribution in [0.15, 0.2) is 42.6 Å². The minimum absolute atomic E-state index is 0.499. The second kappa shape index (κ2) is 5.65. The summed E-state index contributed by atoms with van der Waals surface area (Å²) in [5, 5.41) is 9.41. The first-order chi connectivity index (χ1) is 9.06. The summed E-state index contributed by atoms with van der Waals surface area (Å²) in [5.41, 5.74) is 3.86. The van der Waals surface area contributed by atoms with Gasteiger partial charge in [0, 0.05) is 11.9 Å². The first-order valence-electron chi connectivity index (χ1n) is 6.27. The summed E-state index contributed by atoms with van der Waals surface area (Å²) in [6.45, 7) is 3.89. The fourth-order valence-electron chi connectivity index (χ4n) is 2.09. The first-order valence-corrected chi connectivity index (χ1v) is 6.27. The summed E-state index contributed by atoms with van der Waals surface area (Å²) < 4.78 is 0. The molecule has 0 spiro atoms. The average molecular weight is 255 g/mol. The zero-order valence-electron chi connectivity index (χ0n) is 11.1. The lowest BCUT2D eigenvalue weighted by Crippen LogP contribution is -2.14. The van der Waals surface area contributed by atoms with Gasteiger partial charge in [-0.25, -0.2) is 0 Å². The summed E-state index contributed by atoms with van der Waals surface area (Å²) >= 11 is 0. The van der Waals surface area contributed by atoms with Crippen LogP contribution in [0, 0.1) is 13.8 Å². The van der Waals surface area contributed by atoms with E-state index in [1.54, 1.807) is 12.3 Å². The summed E-state index contributed by atoms with van der Waals surface area (Å²) in [6, 6.07) is 11.6. The molecule has 1 atom stereocenters. The van der Waals surface area contributed by atoms with Crippen molar-refractivity contribution < 1.29 is 9.90 Å². The van der Waals surface area contributed by atoms with Crippen molar-refractivity contribution in [3.05, 3.63) is 65.0 Å². The monoisotopic (exact) mass is 255 g/mol. The van der Waals surface area contributed by atoms with Gasteiger partial charge in [-0.1, -0.05) is 29.8 Å². The number of hydrogen-bond acceptors (Lipinski definition) is 2. The van der Waals surface area contributed by atoms with Crippen LogP contribution in [-0.4, -0.2) is 16.1 Å². The molecular formula is C16H17NO2. The molecule has 19 heavy (non-hydrogen) atoms. The van der Waals surface area contributed by atoms with E-state index in [9.17, 15) is 9.90 Å². The summed E-state index contributed by atoms with van der Waals surface area (Å²) in [6.07, 6.45) is 2.16. The van der Waals surface area contributed by atoms with Crippen LogP contribution in [0.4, 0.5) is 0 Å². The number of aryl methyl sites for hydroxylation is 2. The van der Waals surface area contributed by atoms with Gasteiger partial charge in [0.05, 0.1) is 5.92 Å². The highest BCUT2D eigenvalue weighted by Gasteiger charge is 2.20. The Morgan fingerprint density at radius 2 is 1.89 bits per heavy atom. The number of pyridine rings is 1. The normalized spacial score (nSPS) is 12.1. The lowest BCUT2D eigenvalue weighted by molar-refractivity contribution is -0.138. The van der Waals surface area contributed by atoms with Crippen LogP contribution in [-0.2, 0) is 11.2 Å². The van der Waals surface area contributed by atoms with Crippen molar-refractivity contribution in [1.82, 2.24) is 4.98 Å². The standard InChI is InChI=1S/C16H17NO2/c1-11-3-5-13(6-4-11)10-15(16(18)19)14-7-8-17-12(2)9-14/h3-9,15H,10H2,1-2H3,(H,18,19). The van der Waals surface area contributed by atoms with Crippen molar-refractivity contribution >= 4 is 5.97 Å². The minimum Gasteiger partial charge on any atom is -0.481 e. The van der Waals surface area contributed by atoms with Crippen molar-refractivity contribution in [2.24, 2.45) is 0 Å². The molecule has 0 aliphatic carbocycles. The lowest BCUT2D eigenvalue weighted by atomic mass is 9.92. The van der Waals surface area contributed by atoms with Gasteiger partial charge in [0.25, 0.3) is 0 Å². The fourth-order valence-corrected chi connectivity index (χ4v) is 2.09. The molecule has 0 aliphatic heterocycles. The smallest absolute Gasteiger partial charge is 0.311 e. The van der Waals surface area contributed by atoms with Gasteiger partial charge in [-0.15, -0.1) is 0 Å². The van der Waals surface area contributed by atoms with Gasteiger partial charge >= 0.3 is 5.97 Å². The Kier molecular flexibility index (Phi) is 3.95. The van der Waals surface area contributed by atoms with Crippen LogP contribution in [0.2, 0.25) is 0 Å². The highest BCUT2D eigenvalue weighted by atomic mass is 16.4. The van der Waals surface area contributed by atoms with E-state index in [4.69, 9.17) is 0 Å². The molecule has 1 heterocycles. The zero-order chi connectivity index (χ0) is 13.8. The molecule has 0 saturated heterocycles. The third kappa shape index (κ3) is 3.41. The molecule has 1 unspecified atom stereocenters. The SMILES string of the molecule is Cc1ccc(CC(C(=O)O)c2ccnc(C)c2)cc1. The number of carboxylic acid groups (broad SMARTS) is 1. The molecule has 0 aliphatic rings. The van der Waals surface area contributed by atoms with Gasteiger partial charge in [-0.3, -0.25) is 9.78 Å². The van der Waals surface area contributed by atoms with E-state index in [1.165, 1.54) is 5.56 Å². The first kappa shape index (κ1) is 13.3. The number of carbonyl (C=O) groups is 1. The molecule has 0 amide bonds. The van der Waals surface area contributed by atoms with Crippen LogP contribution in [0.3, 0.4) is 0 Å². The largest absolute Gasteiger partial charge is 0.481 e. The highest BCUT2D eigenvalue weighted by Crippen LogP contribution is 2.22. The Balaban J connectivity index is 2.26. The third-order valence-electron chi connectivity index (χ3n) is 3.18. The molecule has 0 saturated carbocycles. The molecule has 98 valence electrons. The minimum atomic E-state index is -0.800. The molecule has 3 nitrogen and oxygen atoms in total.